The van der Waals surface area contributed by atoms with Crippen LogP contribution in [0.3, 0.4) is 0 Å². The van der Waals surface area contributed by atoms with Crippen LogP contribution in [-0.2, 0) is 11.3 Å². The average Bonchev–Trinajstić information content (AvgIpc) is 3.09. The van der Waals surface area contributed by atoms with Crippen molar-refractivity contribution < 1.29 is 18.7 Å². The van der Waals surface area contributed by atoms with Crippen molar-refractivity contribution in [3.05, 3.63) is 29.2 Å². The van der Waals surface area contributed by atoms with Gasteiger partial charge in [-0.1, -0.05) is 11.3 Å². The van der Waals surface area contributed by atoms with Gasteiger partial charge >= 0.3 is 0 Å². The number of likely N-dealkylation sites (tertiary alicyclic amines) is 1. The predicted molar refractivity (Wildman–Crippen MR) is 96.1 cm³/mol. The van der Waals surface area contributed by atoms with Gasteiger partial charge in [0.2, 0.25) is 17.7 Å². The Hall–Kier alpha value is -2.26. The zero-order valence-corrected chi connectivity index (χ0v) is 15.7. The molecule has 0 radical (unpaired) electrons. The summed E-state index contributed by atoms with van der Waals surface area (Å²) >= 11 is 1.16. The van der Waals surface area contributed by atoms with Crippen LogP contribution in [-0.4, -0.2) is 46.6 Å². The molecule has 1 aliphatic heterocycles. The molecule has 0 aliphatic carbocycles. The first-order valence-corrected chi connectivity index (χ1v) is 9.09. The molecule has 2 aromatic heterocycles. The van der Waals surface area contributed by atoms with Crippen molar-refractivity contribution >= 4 is 22.4 Å². The molecule has 3 rings (SSSR count). The largest absolute Gasteiger partial charge is 0.489 e. The molecule has 0 spiro atoms. The predicted octanol–water partition coefficient (Wildman–Crippen LogP) is 2.69. The Balaban J connectivity index is 1.62. The van der Waals surface area contributed by atoms with Crippen LogP contribution in [0.1, 0.15) is 25.1 Å². The van der Waals surface area contributed by atoms with E-state index in [9.17, 15) is 9.18 Å². The highest BCUT2D eigenvalue weighted by Gasteiger charge is 2.31. The highest BCUT2D eigenvalue weighted by Crippen LogP contribution is 2.29. The Morgan fingerprint density at radius 2 is 2.35 bits per heavy atom. The molecule has 9 heteroatoms. The highest BCUT2D eigenvalue weighted by atomic mass is 32.1. The molecule has 0 aromatic carbocycles. The van der Waals surface area contributed by atoms with E-state index in [0.717, 1.165) is 17.8 Å². The van der Waals surface area contributed by atoms with Crippen LogP contribution in [0.4, 0.5) is 9.52 Å². The van der Waals surface area contributed by atoms with E-state index >= 15 is 0 Å². The summed E-state index contributed by atoms with van der Waals surface area (Å²) in [7, 11) is 1.56. The van der Waals surface area contributed by atoms with Gasteiger partial charge in [0, 0.05) is 44.7 Å². The Labute approximate surface area is 155 Å². The summed E-state index contributed by atoms with van der Waals surface area (Å²) in [5, 5.41) is 2.81. The summed E-state index contributed by atoms with van der Waals surface area (Å²) in [6.45, 7) is 4.57. The van der Waals surface area contributed by atoms with Crippen LogP contribution in [0.25, 0.3) is 0 Å². The second-order valence-corrected chi connectivity index (χ2v) is 7.29. The van der Waals surface area contributed by atoms with E-state index in [1.54, 1.807) is 25.4 Å². The third-order valence-corrected chi connectivity index (χ3v) is 5.09. The van der Waals surface area contributed by atoms with E-state index in [1.807, 2.05) is 0 Å². The van der Waals surface area contributed by atoms with Crippen molar-refractivity contribution in [2.45, 2.75) is 39.0 Å². The minimum Gasteiger partial charge on any atom is -0.489 e. The van der Waals surface area contributed by atoms with Crippen LogP contribution in [0.15, 0.2) is 18.3 Å². The van der Waals surface area contributed by atoms with Gasteiger partial charge in [0.1, 0.15) is 11.9 Å². The number of carbonyl (C=O) groups excluding carboxylic acids is 1. The van der Waals surface area contributed by atoms with Crippen LogP contribution in [0.5, 0.6) is 11.6 Å². The van der Waals surface area contributed by atoms with Crippen molar-refractivity contribution in [1.82, 2.24) is 14.9 Å². The lowest BCUT2D eigenvalue weighted by atomic mass is 10.2. The van der Waals surface area contributed by atoms with Gasteiger partial charge in [-0.15, -0.1) is 0 Å². The summed E-state index contributed by atoms with van der Waals surface area (Å²) < 4.78 is 25.2. The molecule has 7 nitrogen and oxygen atoms in total. The van der Waals surface area contributed by atoms with Gasteiger partial charge < -0.3 is 14.8 Å². The fraction of sp³-hybridized carbons (Fsp3) is 0.471. The normalized spacial score (nSPS) is 20.2. The number of nitrogens with one attached hydrogen (secondary N) is 1. The van der Waals surface area contributed by atoms with Crippen LogP contribution >= 0.6 is 11.3 Å². The number of amides is 1. The van der Waals surface area contributed by atoms with Crippen LogP contribution < -0.4 is 14.8 Å². The zero-order chi connectivity index (χ0) is 18.7. The van der Waals surface area contributed by atoms with E-state index in [2.05, 4.69) is 27.1 Å². The molecule has 1 N–H and O–H groups in total. The number of pyridine rings is 1. The van der Waals surface area contributed by atoms with E-state index < -0.39 is 5.95 Å². The molecule has 1 amide bonds. The molecule has 0 bridgehead atoms. The first kappa shape index (κ1) is 18.5. The number of anilines is 1. The molecule has 3 heterocycles. The summed E-state index contributed by atoms with van der Waals surface area (Å²) in [6, 6.07) is 3.78. The third kappa shape index (κ3) is 4.47. The molecule has 1 fully saturated rings. The molecule has 26 heavy (non-hydrogen) atoms. The van der Waals surface area contributed by atoms with Gasteiger partial charge in [-0.25, -0.2) is 4.98 Å². The Morgan fingerprint density at radius 3 is 3.08 bits per heavy atom. The van der Waals surface area contributed by atoms with Crippen LogP contribution in [0, 0.1) is 5.95 Å². The zero-order valence-electron chi connectivity index (χ0n) is 14.9. The second-order valence-electron chi connectivity index (χ2n) is 6.20. The number of halogens is 1. The van der Waals surface area contributed by atoms with Crippen molar-refractivity contribution in [2.24, 2.45) is 0 Å². The summed E-state index contributed by atoms with van der Waals surface area (Å²) in [4.78, 5) is 21.6. The lowest BCUT2D eigenvalue weighted by molar-refractivity contribution is -0.114. The number of carbonyl (C=O) groups is 1. The molecular weight excluding hydrogens is 359 g/mol. The van der Waals surface area contributed by atoms with Crippen LogP contribution in [0.2, 0.25) is 0 Å². The maximum Gasteiger partial charge on any atom is 0.230 e. The lowest BCUT2D eigenvalue weighted by Crippen LogP contribution is -2.28. The number of rotatable bonds is 6. The fourth-order valence-corrected chi connectivity index (χ4v) is 3.85. The minimum absolute atomic E-state index is 0.00269. The van der Waals surface area contributed by atoms with E-state index in [4.69, 9.17) is 9.47 Å². The molecule has 2 atom stereocenters. The number of aromatic nitrogens is 2. The van der Waals surface area contributed by atoms with E-state index in [1.165, 1.54) is 6.92 Å². The summed E-state index contributed by atoms with van der Waals surface area (Å²) in [6.07, 6.45) is 2.48. The van der Waals surface area contributed by atoms with Crippen molar-refractivity contribution in [3.8, 4) is 11.6 Å². The molecule has 2 aromatic rings. The average molecular weight is 380 g/mol. The number of nitrogens with zero attached hydrogens (tertiary/aromatic N) is 3. The quantitative estimate of drug-likeness (QED) is 0.830. The molecule has 1 aliphatic rings. The number of thiazole rings is 1. The highest BCUT2D eigenvalue weighted by molar-refractivity contribution is 7.15. The van der Waals surface area contributed by atoms with Gasteiger partial charge in [-0.2, -0.15) is 9.37 Å². The number of methoxy groups -OCH3 is 1. The Morgan fingerprint density at radius 1 is 1.54 bits per heavy atom. The smallest absolute Gasteiger partial charge is 0.230 e. The van der Waals surface area contributed by atoms with E-state index in [-0.39, 0.29) is 23.2 Å². The molecule has 140 valence electrons. The van der Waals surface area contributed by atoms with Gasteiger partial charge in [-0.3, -0.25) is 9.69 Å². The maximum atomic E-state index is 14.0. The standard InChI is InChI=1S/C17H21FN4O3S/c1-10-6-13(25-12-4-5-19-15(7-12)24-3)8-22(10)9-14-16(18)21-17(26-14)20-11(2)23/h4-5,7,10,13H,6,8-9H2,1-3H3,(H,20,21,23)/t10-,13+/m0/s1. The summed E-state index contributed by atoms with van der Waals surface area (Å²) in [5.41, 5.74) is 0. The van der Waals surface area contributed by atoms with Gasteiger partial charge in [0.25, 0.3) is 0 Å². The summed E-state index contributed by atoms with van der Waals surface area (Å²) in [5.74, 6) is 0.408. The maximum absolute atomic E-state index is 14.0. The number of hydrogen-bond donors (Lipinski definition) is 1. The second kappa shape index (κ2) is 7.96. The van der Waals surface area contributed by atoms with Gasteiger partial charge in [0.15, 0.2) is 5.13 Å². The van der Waals surface area contributed by atoms with Crippen molar-refractivity contribution in [3.63, 3.8) is 0 Å². The Kier molecular flexibility index (Phi) is 5.67. The topological polar surface area (TPSA) is 76.6 Å². The SMILES string of the molecule is COc1cc(O[C@@H]2C[C@H](C)N(Cc3sc(NC(C)=O)nc3F)C2)ccn1. The number of hydrogen-bond acceptors (Lipinski definition) is 7. The minimum atomic E-state index is -0.533. The van der Waals surface area contributed by atoms with Gasteiger partial charge in [0.05, 0.1) is 12.0 Å². The molecule has 1 saturated heterocycles. The van der Waals surface area contributed by atoms with Crippen molar-refractivity contribution in [2.75, 3.05) is 19.0 Å². The molecule has 0 unspecified atom stereocenters. The van der Waals surface area contributed by atoms with E-state index in [0.29, 0.717) is 29.6 Å². The number of ether oxygens (including phenoxy) is 2. The first-order chi connectivity index (χ1) is 12.4. The monoisotopic (exact) mass is 380 g/mol. The van der Waals surface area contributed by atoms with Crippen molar-refractivity contribution in [1.29, 1.82) is 0 Å². The molecule has 0 saturated carbocycles. The fourth-order valence-electron chi connectivity index (χ4n) is 2.94. The van der Waals surface area contributed by atoms with Gasteiger partial charge in [-0.05, 0) is 13.0 Å². The first-order valence-electron chi connectivity index (χ1n) is 8.28. The lowest BCUT2D eigenvalue weighted by Gasteiger charge is -2.19. The molecular formula is C17H21FN4O3S. The third-order valence-electron chi connectivity index (χ3n) is 4.16. The Bertz CT molecular complexity index is 785.